The lowest BCUT2D eigenvalue weighted by Crippen LogP contribution is -2.30. The number of aromatic nitrogens is 6. The third-order valence-corrected chi connectivity index (χ3v) is 12.5. The number of fused-ring (bicyclic) bond motifs is 2. The van der Waals surface area contributed by atoms with Gasteiger partial charge in [-0.2, -0.15) is 10.2 Å². The maximum Gasteiger partial charge on any atom is 0.274 e. The molecule has 0 saturated carbocycles. The van der Waals surface area contributed by atoms with E-state index in [1.807, 2.05) is 72.3 Å². The standard InChI is InChI=1S/2C23H29N7O/c1-28-20-13-19(21(12-16(20)14-25-28)29-9-3-2-4-10-29)27-23(31)18-6-5-7-22(26-18)30-11-8-17(24)15-30;1-28-14-16-12-21(29-9-3-2-4-10-29)20(13-19(16)27-28)26-23(31)18-6-5-7-22(25-18)30-11-8-17(24)15-30/h5-7,12-14,17H,2-4,8-11,15,24H2,1H3,(H,27,31);5-7,12-14,17H,2-4,8-11,15,24H2,1H3,(H,26,31)/t2*17-/m00/s1. The Kier molecular flexibility index (Phi) is 11.9. The highest BCUT2D eigenvalue weighted by molar-refractivity contribution is 6.07. The number of piperidine rings is 2. The summed E-state index contributed by atoms with van der Waals surface area (Å²) in [6, 6.07) is 19.8. The fourth-order valence-electron chi connectivity index (χ4n) is 9.18. The molecule has 0 radical (unpaired) electrons. The summed E-state index contributed by atoms with van der Waals surface area (Å²) in [6.45, 7) is 7.27. The number of nitrogens with two attached hydrogens (primary N) is 2. The molecule has 0 unspecified atom stereocenters. The molecule has 324 valence electrons. The predicted molar refractivity (Wildman–Crippen MR) is 248 cm³/mol. The highest BCUT2D eigenvalue weighted by Gasteiger charge is 2.25. The minimum atomic E-state index is -0.209. The van der Waals surface area contributed by atoms with Crippen molar-refractivity contribution in [2.45, 2.75) is 63.5 Å². The van der Waals surface area contributed by atoms with Gasteiger partial charge in [-0.05, 0) is 99.9 Å². The van der Waals surface area contributed by atoms with Crippen LogP contribution in [0.25, 0.3) is 21.8 Å². The number of anilines is 6. The van der Waals surface area contributed by atoms with Crippen LogP contribution >= 0.6 is 0 Å². The highest BCUT2D eigenvalue weighted by Crippen LogP contribution is 2.35. The van der Waals surface area contributed by atoms with Crippen molar-refractivity contribution in [1.29, 1.82) is 0 Å². The number of hydrogen-bond acceptors (Lipinski definition) is 12. The minimum Gasteiger partial charge on any atom is -0.370 e. The molecule has 2 amide bonds. The number of carbonyl (C=O) groups is 2. The average Bonchev–Trinajstić information content (AvgIpc) is 4.11. The third-order valence-electron chi connectivity index (χ3n) is 12.5. The van der Waals surface area contributed by atoms with Crippen molar-refractivity contribution in [3.05, 3.63) is 84.4 Å². The first-order valence-corrected chi connectivity index (χ1v) is 22.2. The summed E-state index contributed by atoms with van der Waals surface area (Å²) in [5.41, 5.74) is 18.4. The lowest BCUT2D eigenvalue weighted by molar-refractivity contribution is 0.101. The maximum absolute atomic E-state index is 13.2. The molecule has 0 aliphatic carbocycles. The van der Waals surface area contributed by atoms with E-state index in [0.717, 1.165) is 121 Å². The molecule has 2 aromatic carbocycles. The van der Waals surface area contributed by atoms with E-state index in [4.69, 9.17) is 11.5 Å². The first-order valence-electron chi connectivity index (χ1n) is 22.2. The molecule has 16 heteroatoms. The van der Waals surface area contributed by atoms with Crippen molar-refractivity contribution in [1.82, 2.24) is 29.5 Å². The predicted octanol–water partition coefficient (Wildman–Crippen LogP) is 5.50. The molecule has 6 N–H and O–H groups in total. The van der Waals surface area contributed by atoms with Gasteiger partial charge < -0.3 is 41.7 Å². The largest absolute Gasteiger partial charge is 0.370 e. The Morgan fingerprint density at radius 3 is 1.66 bits per heavy atom. The number of hydrogen-bond donors (Lipinski definition) is 4. The van der Waals surface area contributed by atoms with Crippen LogP contribution < -0.4 is 41.7 Å². The van der Waals surface area contributed by atoms with Gasteiger partial charge in [-0.25, -0.2) is 9.97 Å². The van der Waals surface area contributed by atoms with Gasteiger partial charge in [-0.1, -0.05) is 12.1 Å². The first kappa shape index (κ1) is 41.1. The molecule has 4 fully saturated rings. The molecule has 62 heavy (non-hydrogen) atoms. The topological polar surface area (TPSA) is 185 Å². The van der Waals surface area contributed by atoms with Crippen molar-refractivity contribution in [3.8, 4) is 0 Å². The summed E-state index contributed by atoms with van der Waals surface area (Å²) in [4.78, 5) is 44.6. The number of pyridine rings is 2. The number of rotatable bonds is 8. The molecule has 4 aromatic heterocycles. The van der Waals surface area contributed by atoms with E-state index < -0.39 is 0 Å². The van der Waals surface area contributed by atoms with Crippen LogP contribution in [-0.2, 0) is 14.1 Å². The fourth-order valence-corrected chi connectivity index (χ4v) is 9.18. The Bertz CT molecular complexity index is 2530. The number of amides is 2. The van der Waals surface area contributed by atoms with Gasteiger partial charge >= 0.3 is 0 Å². The molecule has 4 aliphatic rings. The van der Waals surface area contributed by atoms with E-state index in [2.05, 4.69) is 62.5 Å². The SMILES string of the molecule is Cn1cc2cc(N3CCCCC3)c(NC(=O)c3cccc(N4CC[C@H](N)C4)n3)cc2n1.Cn1ncc2cc(N3CCCCC3)c(NC(=O)c3cccc(N4CC[C@H](N)C4)n3)cc21. The summed E-state index contributed by atoms with van der Waals surface area (Å²) < 4.78 is 3.64. The van der Waals surface area contributed by atoms with Crippen molar-refractivity contribution < 1.29 is 9.59 Å². The van der Waals surface area contributed by atoms with E-state index in [9.17, 15) is 9.59 Å². The Hall–Kier alpha value is -6.26. The van der Waals surface area contributed by atoms with Crippen LogP contribution in [0.2, 0.25) is 0 Å². The molecule has 0 spiro atoms. The van der Waals surface area contributed by atoms with Crippen molar-refractivity contribution in [3.63, 3.8) is 0 Å². The zero-order chi connectivity index (χ0) is 42.7. The molecular formula is C46H58N14O2. The van der Waals surface area contributed by atoms with Gasteiger partial charge in [-0.3, -0.25) is 19.0 Å². The van der Waals surface area contributed by atoms with Gasteiger partial charge in [0.05, 0.1) is 40.0 Å². The van der Waals surface area contributed by atoms with E-state index in [-0.39, 0.29) is 23.9 Å². The number of benzene rings is 2. The quantitative estimate of drug-likeness (QED) is 0.151. The summed E-state index contributed by atoms with van der Waals surface area (Å²) >= 11 is 0. The number of carbonyl (C=O) groups excluding carboxylic acids is 2. The molecule has 6 aromatic rings. The van der Waals surface area contributed by atoms with E-state index in [1.54, 1.807) is 12.1 Å². The Morgan fingerprint density at radius 1 is 0.629 bits per heavy atom. The molecule has 4 saturated heterocycles. The summed E-state index contributed by atoms with van der Waals surface area (Å²) in [6.07, 6.45) is 13.0. The van der Waals surface area contributed by atoms with Crippen LogP contribution in [0.4, 0.5) is 34.4 Å². The smallest absolute Gasteiger partial charge is 0.274 e. The van der Waals surface area contributed by atoms with Crippen molar-refractivity contribution in [2.24, 2.45) is 25.6 Å². The van der Waals surface area contributed by atoms with Gasteiger partial charge in [0.2, 0.25) is 0 Å². The second-order valence-corrected chi connectivity index (χ2v) is 17.2. The van der Waals surface area contributed by atoms with Crippen LogP contribution in [0.1, 0.15) is 72.3 Å². The third kappa shape index (κ3) is 9.02. The Labute approximate surface area is 362 Å². The fraction of sp³-hybridized carbons (Fsp3) is 0.435. The second-order valence-electron chi connectivity index (χ2n) is 17.2. The number of aryl methyl sites for hydroxylation is 2. The Morgan fingerprint density at radius 2 is 1.15 bits per heavy atom. The maximum atomic E-state index is 13.2. The number of nitrogens with one attached hydrogen (secondary N) is 2. The van der Waals surface area contributed by atoms with Crippen molar-refractivity contribution in [2.75, 3.05) is 82.6 Å². The summed E-state index contributed by atoms with van der Waals surface area (Å²) in [5.74, 6) is 1.19. The monoisotopic (exact) mass is 838 g/mol. The van der Waals surface area contributed by atoms with E-state index >= 15 is 0 Å². The lowest BCUT2D eigenvalue weighted by Gasteiger charge is -2.30. The van der Waals surface area contributed by atoms with Gasteiger partial charge in [-0.15, -0.1) is 0 Å². The van der Waals surface area contributed by atoms with Crippen molar-refractivity contribution >= 4 is 68.0 Å². The molecule has 10 rings (SSSR count). The van der Waals surface area contributed by atoms with Crippen LogP contribution in [0.5, 0.6) is 0 Å². The van der Waals surface area contributed by atoms with Gasteiger partial charge in [0.15, 0.2) is 0 Å². The lowest BCUT2D eigenvalue weighted by atomic mass is 10.1. The van der Waals surface area contributed by atoms with Gasteiger partial charge in [0.25, 0.3) is 11.8 Å². The van der Waals surface area contributed by atoms with Crippen LogP contribution in [0.15, 0.2) is 73.1 Å². The molecular weight excluding hydrogens is 781 g/mol. The molecule has 16 nitrogen and oxygen atoms in total. The molecule has 0 bridgehead atoms. The minimum absolute atomic E-state index is 0.163. The second kappa shape index (κ2) is 18.0. The first-order chi connectivity index (χ1) is 30.1. The average molecular weight is 839 g/mol. The van der Waals surface area contributed by atoms with Crippen LogP contribution in [0, 0.1) is 0 Å². The van der Waals surface area contributed by atoms with Crippen LogP contribution in [0.3, 0.4) is 0 Å². The summed E-state index contributed by atoms with van der Waals surface area (Å²) in [5, 5.41) is 17.3. The van der Waals surface area contributed by atoms with Gasteiger partial charge in [0, 0.05) is 95.5 Å². The van der Waals surface area contributed by atoms with Gasteiger partial charge in [0.1, 0.15) is 23.0 Å². The van der Waals surface area contributed by atoms with Crippen LogP contribution in [-0.4, -0.2) is 106 Å². The normalized spacial score (nSPS) is 19.2. The van der Waals surface area contributed by atoms with E-state index in [0.29, 0.717) is 11.4 Å². The summed E-state index contributed by atoms with van der Waals surface area (Å²) in [7, 11) is 3.83. The van der Waals surface area contributed by atoms with E-state index in [1.165, 1.54) is 38.5 Å². The zero-order valence-corrected chi connectivity index (χ0v) is 35.8. The number of nitrogens with zero attached hydrogens (tertiary/aromatic N) is 10. The molecule has 2 atom stereocenters. The molecule has 8 heterocycles. The highest BCUT2D eigenvalue weighted by atomic mass is 16.2. The molecule has 4 aliphatic heterocycles. The zero-order valence-electron chi connectivity index (χ0n) is 35.8. The Balaban J connectivity index is 0.000000158.